The first kappa shape index (κ1) is 22.4. The van der Waals surface area contributed by atoms with Gasteiger partial charge in [-0.25, -0.2) is 4.79 Å². The number of thioether (sulfide) groups is 1. The smallest absolute Gasteiger partial charge is 0.338 e. The van der Waals surface area contributed by atoms with Crippen LogP contribution in [0.15, 0.2) is 77.7 Å². The lowest BCUT2D eigenvalue weighted by Crippen LogP contribution is -2.21. The van der Waals surface area contributed by atoms with Gasteiger partial charge in [-0.3, -0.25) is 9.59 Å². The molecule has 0 saturated carbocycles. The van der Waals surface area contributed by atoms with Gasteiger partial charge >= 0.3 is 5.97 Å². The van der Waals surface area contributed by atoms with Crippen molar-refractivity contribution in [1.29, 1.82) is 0 Å². The minimum atomic E-state index is -0.587. The molecule has 0 radical (unpaired) electrons. The second-order valence-corrected chi connectivity index (χ2v) is 7.99. The maximum atomic E-state index is 12.2. The predicted octanol–water partition coefficient (Wildman–Crippen LogP) is 4.53. The summed E-state index contributed by atoms with van der Waals surface area (Å²) >= 11 is 7.54. The molecule has 0 aromatic heterocycles. The molecule has 31 heavy (non-hydrogen) atoms. The second-order valence-electron chi connectivity index (χ2n) is 6.51. The largest absolute Gasteiger partial charge is 0.452 e. The lowest BCUT2D eigenvalue weighted by molar-refractivity contribution is -0.119. The highest BCUT2D eigenvalue weighted by molar-refractivity contribution is 7.98. The molecule has 3 N–H and O–H groups in total. The van der Waals surface area contributed by atoms with Crippen LogP contribution in [0.5, 0.6) is 0 Å². The number of nitrogens with one attached hydrogen (secondary N) is 1. The van der Waals surface area contributed by atoms with Crippen LogP contribution >= 0.6 is 23.4 Å². The van der Waals surface area contributed by atoms with Gasteiger partial charge in [0.15, 0.2) is 6.61 Å². The number of carbonyl (C=O) groups excluding carboxylic acids is 3. The molecule has 0 heterocycles. The van der Waals surface area contributed by atoms with Gasteiger partial charge in [-0.05, 0) is 66.2 Å². The fourth-order valence-corrected chi connectivity index (χ4v) is 3.54. The Kier molecular flexibility index (Phi) is 7.70. The first-order chi connectivity index (χ1) is 14.9. The van der Waals surface area contributed by atoms with Gasteiger partial charge in [0.1, 0.15) is 0 Å². The molecule has 0 unspecified atom stereocenters. The number of carbonyl (C=O) groups is 3. The maximum absolute atomic E-state index is 12.2. The first-order valence-corrected chi connectivity index (χ1v) is 10.6. The highest BCUT2D eigenvalue weighted by Crippen LogP contribution is 2.24. The van der Waals surface area contributed by atoms with Crippen molar-refractivity contribution in [2.45, 2.75) is 10.6 Å². The maximum Gasteiger partial charge on any atom is 0.338 e. The molecule has 3 rings (SSSR count). The number of halogens is 1. The van der Waals surface area contributed by atoms with Crippen molar-refractivity contribution >= 4 is 46.8 Å². The molecule has 0 aliphatic heterocycles. The molecule has 158 valence electrons. The number of rotatable bonds is 8. The third-order valence-electron chi connectivity index (χ3n) is 4.20. The molecular weight excluding hydrogens is 436 g/mol. The van der Waals surface area contributed by atoms with E-state index in [2.05, 4.69) is 5.32 Å². The molecule has 6 nitrogen and oxygen atoms in total. The van der Waals surface area contributed by atoms with E-state index in [1.165, 1.54) is 12.1 Å². The van der Waals surface area contributed by atoms with Crippen LogP contribution in [0, 0.1) is 0 Å². The summed E-state index contributed by atoms with van der Waals surface area (Å²) in [5, 5.41) is 3.28. The molecule has 3 aromatic rings. The molecule has 0 spiro atoms. The number of hydrogen-bond donors (Lipinski definition) is 2. The predicted molar refractivity (Wildman–Crippen MR) is 121 cm³/mol. The Labute approximate surface area is 188 Å². The number of esters is 1. The van der Waals surface area contributed by atoms with E-state index < -0.39 is 24.4 Å². The summed E-state index contributed by atoms with van der Waals surface area (Å²) in [5.41, 5.74) is 7.38. The summed E-state index contributed by atoms with van der Waals surface area (Å²) in [6.07, 6.45) is 0. The van der Waals surface area contributed by atoms with Crippen LogP contribution in [0.4, 0.5) is 5.69 Å². The lowest BCUT2D eigenvalue weighted by Gasteiger charge is -2.08. The van der Waals surface area contributed by atoms with Gasteiger partial charge in [0.25, 0.3) is 5.91 Å². The molecule has 8 heteroatoms. The Morgan fingerprint density at radius 1 is 0.871 bits per heavy atom. The van der Waals surface area contributed by atoms with Crippen LogP contribution in [0.1, 0.15) is 26.3 Å². The fourth-order valence-electron chi connectivity index (χ4n) is 2.56. The average molecular weight is 455 g/mol. The van der Waals surface area contributed by atoms with Gasteiger partial charge in [-0.1, -0.05) is 23.7 Å². The molecular formula is C23H19ClN2O4S. The standard InChI is InChI=1S/C23H19ClN2O4S/c24-18-7-11-20(12-8-18)31-14-15-1-3-17(4-2-15)23(29)30-13-21(27)26-19-9-5-16(6-10-19)22(25)28/h1-12H,13-14H2,(H2,25,28)(H,26,27). The molecule has 0 bridgehead atoms. The lowest BCUT2D eigenvalue weighted by atomic mass is 10.1. The van der Waals surface area contributed by atoms with Gasteiger partial charge < -0.3 is 15.8 Å². The normalized spacial score (nSPS) is 10.4. The van der Waals surface area contributed by atoms with Crippen molar-refractivity contribution in [3.8, 4) is 0 Å². The van der Waals surface area contributed by atoms with E-state index in [0.717, 1.165) is 16.2 Å². The summed E-state index contributed by atoms with van der Waals surface area (Å²) in [4.78, 5) is 36.3. The van der Waals surface area contributed by atoms with E-state index in [4.69, 9.17) is 22.1 Å². The molecule has 0 aliphatic rings. The van der Waals surface area contributed by atoms with E-state index in [1.54, 1.807) is 36.0 Å². The van der Waals surface area contributed by atoms with Crippen molar-refractivity contribution in [1.82, 2.24) is 0 Å². The van der Waals surface area contributed by atoms with Gasteiger partial charge in [0, 0.05) is 26.9 Å². The number of anilines is 1. The average Bonchev–Trinajstić information content (AvgIpc) is 2.78. The van der Waals surface area contributed by atoms with Gasteiger partial charge in [0.05, 0.1) is 5.56 Å². The third-order valence-corrected chi connectivity index (χ3v) is 5.53. The molecule has 2 amide bonds. The number of ether oxygens (including phenoxy) is 1. The van der Waals surface area contributed by atoms with E-state index in [0.29, 0.717) is 21.8 Å². The number of hydrogen-bond acceptors (Lipinski definition) is 5. The van der Waals surface area contributed by atoms with Crippen LogP contribution in [0.2, 0.25) is 5.02 Å². The monoisotopic (exact) mass is 454 g/mol. The van der Waals surface area contributed by atoms with E-state index in [9.17, 15) is 14.4 Å². The van der Waals surface area contributed by atoms with Crippen molar-refractivity contribution in [2.24, 2.45) is 5.73 Å². The molecule has 0 fully saturated rings. The van der Waals surface area contributed by atoms with Crippen LogP contribution < -0.4 is 11.1 Å². The first-order valence-electron chi connectivity index (χ1n) is 9.25. The zero-order valence-electron chi connectivity index (χ0n) is 16.3. The SMILES string of the molecule is NC(=O)c1ccc(NC(=O)COC(=O)c2ccc(CSc3ccc(Cl)cc3)cc2)cc1. The molecule has 0 atom stereocenters. The van der Waals surface area contributed by atoms with E-state index in [1.807, 2.05) is 36.4 Å². The minimum absolute atomic E-state index is 0.333. The quantitative estimate of drug-likeness (QED) is 0.385. The Hall–Kier alpha value is -3.29. The zero-order valence-corrected chi connectivity index (χ0v) is 17.9. The summed E-state index contributed by atoms with van der Waals surface area (Å²) in [7, 11) is 0. The minimum Gasteiger partial charge on any atom is -0.452 e. The number of amides is 2. The highest BCUT2D eigenvalue weighted by atomic mass is 35.5. The Bertz CT molecular complexity index is 1070. The number of nitrogens with two attached hydrogens (primary N) is 1. The van der Waals surface area contributed by atoms with Crippen LogP contribution in [0.25, 0.3) is 0 Å². The van der Waals surface area contributed by atoms with Crippen molar-refractivity contribution in [3.63, 3.8) is 0 Å². The number of benzene rings is 3. The Morgan fingerprint density at radius 2 is 1.48 bits per heavy atom. The Morgan fingerprint density at radius 3 is 2.10 bits per heavy atom. The second kappa shape index (κ2) is 10.7. The number of primary amides is 1. The molecule has 3 aromatic carbocycles. The van der Waals surface area contributed by atoms with Crippen molar-refractivity contribution in [2.75, 3.05) is 11.9 Å². The van der Waals surface area contributed by atoms with Crippen LogP contribution in [0.3, 0.4) is 0 Å². The summed E-state index contributed by atoms with van der Waals surface area (Å²) in [6, 6.07) is 20.7. The fraction of sp³-hybridized carbons (Fsp3) is 0.0870. The topological polar surface area (TPSA) is 98.5 Å². The van der Waals surface area contributed by atoms with Gasteiger partial charge in [-0.2, -0.15) is 0 Å². The van der Waals surface area contributed by atoms with Crippen LogP contribution in [-0.2, 0) is 15.3 Å². The summed E-state index contributed by atoms with van der Waals surface area (Å²) in [6.45, 7) is -0.426. The van der Waals surface area contributed by atoms with Crippen molar-refractivity contribution in [3.05, 3.63) is 94.5 Å². The van der Waals surface area contributed by atoms with E-state index in [-0.39, 0.29) is 0 Å². The summed E-state index contributed by atoms with van der Waals surface area (Å²) < 4.78 is 5.06. The highest BCUT2D eigenvalue weighted by Gasteiger charge is 2.11. The molecule has 0 aliphatic carbocycles. The zero-order chi connectivity index (χ0) is 22.2. The van der Waals surface area contributed by atoms with Crippen molar-refractivity contribution < 1.29 is 19.1 Å². The van der Waals surface area contributed by atoms with Crippen LogP contribution in [-0.4, -0.2) is 24.4 Å². The Balaban J connectivity index is 1.45. The van der Waals surface area contributed by atoms with Gasteiger partial charge in [0.2, 0.25) is 5.91 Å². The van der Waals surface area contributed by atoms with Gasteiger partial charge in [-0.15, -0.1) is 11.8 Å². The summed E-state index contributed by atoms with van der Waals surface area (Å²) in [5.74, 6) is -0.887. The molecule has 0 saturated heterocycles. The third kappa shape index (κ3) is 6.87. The van der Waals surface area contributed by atoms with E-state index >= 15 is 0 Å².